The first-order chi connectivity index (χ1) is 13.2. The Morgan fingerprint density at radius 3 is 2.67 bits per heavy atom. The SMILES string of the molecule is CCNC(=NCc1cccc(CN(C)C)c1)NCCCOC1CCCCC1. The molecular formula is C22H38N4O. The van der Waals surface area contributed by atoms with Crippen molar-refractivity contribution in [1.29, 1.82) is 0 Å². The highest BCUT2D eigenvalue weighted by Gasteiger charge is 2.12. The quantitative estimate of drug-likeness (QED) is 0.374. The fraction of sp³-hybridized carbons (Fsp3) is 0.682. The molecule has 0 atom stereocenters. The molecule has 1 aromatic carbocycles. The van der Waals surface area contributed by atoms with Crippen LogP contribution >= 0.6 is 0 Å². The van der Waals surface area contributed by atoms with Crippen LogP contribution in [0.5, 0.6) is 0 Å². The molecule has 1 fully saturated rings. The standard InChI is InChI=1S/C22H38N4O/c1-4-23-22(24-14-9-15-27-21-12-6-5-7-13-21)25-17-19-10-8-11-20(16-19)18-26(2)3/h8,10-11,16,21H,4-7,9,12-15,17-18H2,1-3H3,(H2,23,24,25). The van der Waals surface area contributed by atoms with E-state index >= 15 is 0 Å². The lowest BCUT2D eigenvalue weighted by atomic mass is 9.98. The predicted octanol–water partition coefficient (Wildman–Crippen LogP) is 3.54. The van der Waals surface area contributed by atoms with E-state index in [1.807, 2.05) is 0 Å². The fourth-order valence-electron chi connectivity index (χ4n) is 3.46. The minimum absolute atomic E-state index is 0.495. The van der Waals surface area contributed by atoms with E-state index in [1.165, 1.54) is 43.2 Å². The third-order valence-electron chi connectivity index (χ3n) is 4.77. The molecule has 1 aliphatic rings. The van der Waals surface area contributed by atoms with Gasteiger partial charge in [0.2, 0.25) is 0 Å². The van der Waals surface area contributed by atoms with Crippen molar-refractivity contribution in [3.05, 3.63) is 35.4 Å². The maximum atomic E-state index is 5.99. The van der Waals surface area contributed by atoms with Gasteiger partial charge in [0, 0.05) is 26.2 Å². The van der Waals surface area contributed by atoms with Crippen LogP contribution in [0.2, 0.25) is 0 Å². The Balaban J connectivity index is 1.73. The Labute approximate surface area is 165 Å². The molecule has 27 heavy (non-hydrogen) atoms. The third-order valence-corrected chi connectivity index (χ3v) is 4.77. The first-order valence-corrected chi connectivity index (χ1v) is 10.5. The zero-order valence-corrected chi connectivity index (χ0v) is 17.5. The van der Waals surface area contributed by atoms with Crippen molar-refractivity contribution < 1.29 is 4.74 Å². The van der Waals surface area contributed by atoms with E-state index in [-0.39, 0.29) is 0 Å². The van der Waals surface area contributed by atoms with Crippen molar-refractivity contribution in [2.75, 3.05) is 33.8 Å². The summed E-state index contributed by atoms with van der Waals surface area (Å²) in [5.41, 5.74) is 2.57. The Morgan fingerprint density at radius 1 is 1.15 bits per heavy atom. The molecule has 0 spiro atoms. The minimum Gasteiger partial charge on any atom is -0.378 e. The summed E-state index contributed by atoms with van der Waals surface area (Å²) in [6.45, 7) is 6.33. The molecule has 0 unspecified atom stereocenters. The first-order valence-electron chi connectivity index (χ1n) is 10.5. The van der Waals surface area contributed by atoms with E-state index in [0.717, 1.165) is 38.6 Å². The van der Waals surface area contributed by atoms with Crippen LogP contribution < -0.4 is 10.6 Å². The smallest absolute Gasteiger partial charge is 0.191 e. The molecule has 5 heteroatoms. The van der Waals surface area contributed by atoms with Gasteiger partial charge in [-0.05, 0) is 51.4 Å². The molecular weight excluding hydrogens is 336 g/mol. The number of hydrogen-bond acceptors (Lipinski definition) is 3. The van der Waals surface area contributed by atoms with Crippen molar-refractivity contribution in [1.82, 2.24) is 15.5 Å². The number of aliphatic imine (C=N–C) groups is 1. The number of ether oxygens (including phenoxy) is 1. The number of hydrogen-bond donors (Lipinski definition) is 2. The second-order valence-corrected chi connectivity index (χ2v) is 7.66. The lowest BCUT2D eigenvalue weighted by Gasteiger charge is -2.22. The molecule has 152 valence electrons. The zero-order chi connectivity index (χ0) is 19.3. The molecule has 0 aromatic heterocycles. The highest BCUT2D eigenvalue weighted by molar-refractivity contribution is 5.79. The van der Waals surface area contributed by atoms with Crippen LogP contribution in [-0.4, -0.2) is 50.8 Å². The summed E-state index contributed by atoms with van der Waals surface area (Å²) in [6.07, 6.45) is 8.03. The molecule has 0 saturated heterocycles. The summed E-state index contributed by atoms with van der Waals surface area (Å²) >= 11 is 0. The van der Waals surface area contributed by atoms with Gasteiger partial charge in [0.05, 0.1) is 12.6 Å². The van der Waals surface area contributed by atoms with Gasteiger partial charge in [0.15, 0.2) is 5.96 Å². The van der Waals surface area contributed by atoms with Gasteiger partial charge in [0.1, 0.15) is 0 Å². The molecule has 2 N–H and O–H groups in total. The van der Waals surface area contributed by atoms with Crippen LogP contribution in [-0.2, 0) is 17.8 Å². The van der Waals surface area contributed by atoms with E-state index < -0.39 is 0 Å². The average Bonchev–Trinajstić information content (AvgIpc) is 2.66. The largest absolute Gasteiger partial charge is 0.378 e. The number of nitrogens with one attached hydrogen (secondary N) is 2. The van der Waals surface area contributed by atoms with Crippen LogP contribution in [0.25, 0.3) is 0 Å². The topological polar surface area (TPSA) is 48.9 Å². The summed E-state index contributed by atoms with van der Waals surface area (Å²) in [7, 11) is 4.19. The molecule has 0 bridgehead atoms. The average molecular weight is 375 g/mol. The molecule has 1 saturated carbocycles. The Morgan fingerprint density at radius 2 is 1.93 bits per heavy atom. The van der Waals surface area contributed by atoms with E-state index in [2.05, 4.69) is 60.8 Å². The summed E-state index contributed by atoms with van der Waals surface area (Å²) in [5.74, 6) is 0.883. The van der Waals surface area contributed by atoms with Crippen molar-refractivity contribution in [3.63, 3.8) is 0 Å². The third kappa shape index (κ3) is 9.25. The van der Waals surface area contributed by atoms with Crippen molar-refractivity contribution in [2.45, 2.75) is 64.6 Å². The summed E-state index contributed by atoms with van der Waals surface area (Å²) in [5, 5.41) is 6.76. The maximum absolute atomic E-state index is 5.99. The maximum Gasteiger partial charge on any atom is 0.191 e. The molecule has 1 aliphatic carbocycles. The summed E-state index contributed by atoms with van der Waals surface area (Å²) in [4.78, 5) is 6.92. The van der Waals surface area contributed by atoms with Gasteiger partial charge in [-0.25, -0.2) is 4.99 Å². The number of rotatable bonds is 10. The van der Waals surface area contributed by atoms with Crippen LogP contribution in [0, 0.1) is 0 Å². The molecule has 0 aliphatic heterocycles. The fourth-order valence-corrected chi connectivity index (χ4v) is 3.46. The van der Waals surface area contributed by atoms with Gasteiger partial charge in [-0.1, -0.05) is 43.5 Å². The van der Waals surface area contributed by atoms with Gasteiger partial charge < -0.3 is 20.3 Å². The predicted molar refractivity (Wildman–Crippen MR) is 114 cm³/mol. The van der Waals surface area contributed by atoms with E-state index in [1.54, 1.807) is 0 Å². The van der Waals surface area contributed by atoms with Crippen LogP contribution in [0.4, 0.5) is 0 Å². The van der Waals surface area contributed by atoms with Crippen molar-refractivity contribution in [3.8, 4) is 0 Å². The van der Waals surface area contributed by atoms with Gasteiger partial charge in [-0.3, -0.25) is 0 Å². The molecule has 5 nitrogen and oxygen atoms in total. The second kappa shape index (κ2) is 12.7. The Hall–Kier alpha value is -1.59. The lowest BCUT2D eigenvalue weighted by molar-refractivity contribution is 0.0277. The van der Waals surface area contributed by atoms with E-state index in [4.69, 9.17) is 9.73 Å². The highest BCUT2D eigenvalue weighted by Crippen LogP contribution is 2.20. The molecule has 0 heterocycles. The van der Waals surface area contributed by atoms with Gasteiger partial charge in [-0.2, -0.15) is 0 Å². The van der Waals surface area contributed by atoms with Crippen molar-refractivity contribution in [2.24, 2.45) is 4.99 Å². The first kappa shape index (κ1) is 21.7. The number of benzene rings is 1. The normalized spacial score (nSPS) is 15.9. The van der Waals surface area contributed by atoms with E-state index in [0.29, 0.717) is 12.6 Å². The minimum atomic E-state index is 0.495. The van der Waals surface area contributed by atoms with Crippen LogP contribution in [0.15, 0.2) is 29.3 Å². The molecule has 0 amide bonds. The zero-order valence-electron chi connectivity index (χ0n) is 17.5. The summed E-state index contributed by atoms with van der Waals surface area (Å²) in [6, 6.07) is 8.67. The van der Waals surface area contributed by atoms with Crippen molar-refractivity contribution >= 4 is 5.96 Å². The number of guanidine groups is 1. The van der Waals surface area contributed by atoms with Gasteiger partial charge in [-0.15, -0.1) is 0 Å². The second-order valence-electron chi connectivity index (χ2n) is 7.66. The van der Waals surface area contributed by atoms with Crippen LogP contribution in [0.3, 0.4) is 0 Å². The van der Waals surface area contributed by atoms with Crippen LogP contribution in [0.1, 0.15) is 56.6 Å². The highest BCUT2D eigenvalue weighted by atomic mass is 16.5. The molecule has 2 rings (SSSR count). The number of nitrogens with zero attached hydrogens (tertiary/aromatic N) is 2. The molecule has 0 radical (unpaired) electrons. The van der Waals surface area contributed by atoms with E-state index in [9.17, 15) is 0 Å². The van der Waals surface area contributed by atoms with Gasteiger partial charge >= 0.3 is 0 Å². The monoisotopic (exact) mass is 374 g/mol. The molecule has 1 aromatic rings. The summed E-state index contributed by atoms with van der Waals surface area (Å²) < 4.78 is 5.99. The Kier molecular flexibility index (Phi) is 10.2. The van der Waals surface area contributed by atoms with Gasteiger partial charge in [0.25, 0.3) is 0 Å². The Bertz CT molecular complexity index is 553. The lowest BCUT2D eigenvalue weighted by Crippen LogP contribution is -2.38.